The fraction of sp³-hybridized carbons (Fsp3) is 0.400. The molecule has 0 fully saturated rings. The molecular weight excluding hydrogens is 200 g/mol. The van der Waals surface area contributed by atoms with Crippen molar-refractivity contribution < 1.29 is 15.3 Å². The Morgan fingerprint density at radius 1 is 1.43 bits per heavy atom. The maximum atomic E-state index is 11.6. The summed E-state index contributed by atoms with van der Waals surface area (Å²) in [7, 11) is -3.90. The molecule has 1 rings (SSSR count). The number of benzene rings is 1. The van der Waals surface area contributed by atoms with Crippen LogP contribution in [0.25, 0.3) is 0 Å². The Balaban J connectivity index is 3.19. The summed E-state index contributed by atoms with van der Waals surface area (Å²) in [5, 5.41) is 0. The molecule has 3 nitrogen and oxygen atoms in total. The van der Waals surface area contributed by atoms with Gasteiger partial charge in [-0.25, -0.2) is 0 Å². The first kappa shape index (κ1) is 8.44. The molecule has 4 heteroatoms. The largest absolute Gasteiger partial charge is 0.296 e. The van der Waals surface area contributed by atoms with Crippen molar-refractivity contribution in [1.82, 2.24) is 0 Å². The van der Waals surface area contributed by atoms with Gasteiger partial charge in [0, 0.05) is 0 Å². The fourth-order valence-electron chi connectivity index (χ4n) is 0.847. The molecule has 0 amide bonds. The molecule has 0 N–H and O–H groups in total. The first-order chi connectivity index (χ1) is 7.40. The summed E-state index contributed by atoms with van der Waals surface area (Å²) in [5.41, 5.74) is 0.569. The predicted molar refractivity (Wildman–Crippen MR) is 54.6 cm³/mol. The smallest absolute Gasteiger partial charge is 0.266 e. The second kappa shape index (κ2) is 4.57. The summed E-state index contributed by atoms with van der Waals surface area (Å²) in [6.07, 6.45) is 0.576. The molecule has 0 radical (unpaired) electrons. The van der Waals surface area contributed by atoms with E-state index in [1.54, 1.807) is 13.8 Å². The quantitative estimate of drug-likeness (QED) is 0.724. The van der Waals surface area contributed by atoms with Crippen molar-refractivity contribution in [3.63, 3.8) is 0 Å². The summed E-state index contributed by atoms with van der Waals surface area (Å²) in [5.74, 6) is 0. The SMILES string of the molecule is [2H]c1c(C)ccc(S(=O)(=O)OCCC)c1[2H]. The summed E-state index contributed by atoms with van der Waals surface area (Å²) >= 11 is 0. The van der Waals surface area contributed by atoms with Crippen molar-refractivity contribution in [2.24, 2.45) is 0 Å². The van der Waals surface area contributed by atoms with E-state index in [0.717, 1.165) is 0 Å². The summed E-state index contributed by atoms with van der Waals surface area (Å²) in [6, 6.07) is 2.42. The lowest BCUT2D eigenvalue weighted by molar-refractivity contribution is 0.318. The van der Waals surface area contributed by atoms with Crippen LogP contribution in [0.3, 0.4) is 0 Å². The zero-order valence-electron chi connectivity index (χ0n) is 10.2. The van der Waals surface area contributed by atoms with E-state index in [0.29, 0.717) is 12.0 Å². The molecule has 1 aromatic carbocycles. The van der Waals surface area contributed by atoms with Gasteiger partial charge in [-0.1, -0.05) is 24.6 Å². The summed E-state index contributed by atoms with van der Waals surface area (Å²) in [4.78, 5) is -0.239. The normalized spacial score (nSPS) is 13.6. The third kappa shape index (κ3) is 2.82. The molecule has 0 saturated heterocycles. The standard InChI is InChI=1S/C10H14O3S/c1-3-8-13-14(11,12)10-6-4-9(2)5-7-10/h4-7H,3,8H2,1-2H3/i4D,6D. The third-order valence-corrected chi connectivity index (χ3v) is 2.83. The van der Waals surface area contributed by atoms with Crippen LogP contribution in [0.4, 0.5) is 0 Å². The lowest BCUT2D eigenvalue weighted by atomic mass is 10.2. The highest BCUT2D eigenvalue weighted by atomic mass is 32.2. The first-order valence-electron chi connectivity index (χ1n) is 5.36. The van der Waals surface area contributed by atoms with Gasteiger partial charge in [0.15, 0.2) is 0 Å². The zero-order chi connectivity index (χ0) is 12.3. The minimum Gasteiger partial charge on any atom is -0.266 e. The first-order valence-corrected chi connectivity index (χ1v) is 5.77. The van der Waals surface area contributed by atoms with Gasteiger partial charge in [0.25, 0.3) is 10.1 Å². The molecule has 14 heavy (non-hydrogen) atoms. The highest BCUT2D eigenvalue weighted by Crippen LogP contribution is 2.13. The van der Waals surface area contributed by atoms with Crippen LogP contribution in [0.15, 0.2) is 29.1 Å². The average Bonchev–Trinajstić information content (AvgIpc) is 2.23. The van der Waals surface area contributed by atoms with E-state index < -0.39 is 10.1 Å². The van der Waals surface area contributed by atoms with Crippen LogP contribution in [-0.4, -0.2) is 15.0 Å². The molecule has 78 valence electrons. The van der Waals surface area contributed by atoms with Crippen LogP contribution in [0.5, 0.6) is 0 Å². The number of hydrogen-bond acceptors (Lipinski definition) is 3. The van der Waals surface area contributed by atoms with E-state index in [-0.39, 0.29) is 23.6 Å². The van der Waals surface area contributed by atoms with E-state index in [1.165, 1.54) is 12.1 Å². The second-order valence-corrected chi connectivity index (χ2v) is 4.49. The van der Waals surface area contributed by atoms with Crippen molar-refractivity contribution in [1.29, 1.82) is 0 Å². The van der Waals surface area contributed by atoms with Crippen molar-refractivity contribution in [2.45, 2.75) is 25.2 Å². The molecule has 0 aliphatic rings. The monoisotopic (exact) mass is 216 g/mol. The van der Waals surface area contributed by atoms with Gasteiger partial charge in [0.05, 0.1) is 14.2 Å². The van der Waals surface area contributed by atoms with Gasteiger partial charge < -0.3 is 0 Å². The van der Waals surface area contributed by atoms with Gasteiger partial charge >= 0.3 is 0 Å². The Hall–Kier alpha value is -0.870. The second-order valence-electron chi connectivity index (χ2n) is 2.91. The number of hydrogen-bond donors (Lipinski definition) is 0. The molecule has 0 aromatic heterocycles. The maximum absolute atomic E-state index is 11.6. The van der Waals surface area contributed by atoms with Gasteiger partial charge in [-0.2, -0.15) is 8.42 Å². The molecule has 0 spiro atoms. The Morgan fingerprint density at radius 3 is 2.79 bits per heavy atom. The highest BCUT2D eigenvalue weighted by molar-refractivity contribution is 7.86. The Bertz CT molecular complexity index is 483. The van der Waals surface area contributed by atoms with E-state index in [9.17, 15) is 8.42 Å². The fourth-order valence-corrected chi connectivity index (χ4v) is 1.77. The van der Waals surface area contributed by atoms with Crippen molar-refractivity contribution in [3.8, 4) is 0 Å². The van der Waals surface area contributed by atoms with E-state index in [2.05, 4.69) is 0 Å². The highest BCUT2D eigenvalue weighted by Gasteiger charge is 2.13. The van der Waals surface area contributed by atoms with Gasteiger partial charge in [0.2, 0.25) is 0 Å². The molecule has 0 atom stereocenters. The Labute approximate surface area is 87.6 Å². The maximum Gasteiger partial charge on any atom is 0.296 e. The van der Waals surface area contributed by atoms with Gasteiger partial charge in [-0.3, -0.25) is 4.18 Å². The van der Waals surface area contributed by atoms with Gasteiger partial charge in [-0.15, -0.1) is 0 Å². The topological polar surface area (TPSA) is 43.4 Å². The molecule has 0 heterocycles. The average molecular weight is 216 g/mol. The van der Waals surface area contributed by atoms with Crippen molar-refractivity contribution >= 4 is 10.1 Å². The molecule has 0 aliphatic carbocycles. The van der Waals surface area contributed by atoms with Gasteiger partial charge in [-0.05, 0) is 25.5 Å². The van der Waals surface area contributed by atoms with Crippen LogP contribution < -0.4 is 0 Å². The van der Waals surface area contributed by atoms with Crippen molar-refractivity contribution in [2.75, 3.05) is 6.61 Å². The number of aryl methyl sites for hydroxylation is 1. The third-order valence-electron chi connectivity index (χ3n) is 1.58. The van der Waals surface area contributed by atoms with Crippen molar-refractivity contribution in [3.05, 3.63) is 29.8 Å². The van der Waals surface area contributed by atoms with E-state index >= 15 is 0 Å². The van der Waals surface area contributed by atoms with Crippen LogP contribution >= 0.6 is 0 Å². The lowest BCUT2D eigenvalue weighted by Gasteiger charge is -2.04. The zero-order valence-corrected chi connectivity index (χ0v) is 9.02. The lowest BCUT2D eigenvalue weighted by Crippen LogP contribution is -2.06. The van der Waals surface area contributed by atoms with Crippen LogP contribution in [0, 0.1) is 6.92 Å². The molecule has 1 aromatic rings. The van der Waals surface area contributed by atoms with Gasteiger partial charge in [0.1, 0.15) is 0 Å². The molecule has 0 saturated carbocycles. The number of rotatable bonds is 4. The molecule has 0 bridgehead atoms. The molecular formula is C10H14O3S. The molecule has 0 unspecified atom stereocenters. The minimum atomic E-state index is -3.90. The van der Waals surface area contributed by atoms with Crippen LogP contribution in [0.1, 0.15) is 21.6 Å². The minimum absolute atomic E-state index is 0.0822. The van der Waals surface area contributed by atoms with E-state index in [1.807, 2.05) is 0 Å². The van der Waals surface area contributed by atoms with E-state index in [4.69, 9.17) is 6.92 Å². The Kier molecular flexibility index (Phi) is 2.76. The Morgan fingerprint density at radius 2 is 2.14 bits per heavy atom. The molecule has 0 aliphatic heterocycles. The van der Waals surface area contributed by atoms with Crippen LogP contribution in [-0.2, 0) is 14.3 Å². The summed E-state index contributed by atoms with van der Waals surface area (Å²) in [6.45, 7) is 3.54. The van der Waals surface area contributed by atoms with Crippen LogP contribution in [0.2, 0.25) is 0 Å². The predicted octanol–water partition coefficient (Wildman–Crippen LogP) is 2.11. The summed E-state index contributed by atoms with van der Waals surface area (Å²) < 4.78 is 43.1.